The van der Waals surface area contributed by atoms with Crippen molar-refractivity contribution in [1.82, 2.24) is 9.47 Å². The number of hydrogen-bond donors (Lipinski definition) is 0. The van der Waals surface area contributed by atoms with Gasteiger partial charge in [-0.2, -0.15) is 0 Å². The molecule has 37 heavy (non-hydrogen) atoms. The fourth-order valence-electron chi connectivity index (χ4n) is 5.96. The van der Waals surface area contributed by atoms with Gasteiger partial charge in [0.2, 0.25) is 0 Å². The summed E-state index contributed by atoms with van der Waals surface area (Å²) in [5.74, 6) is 0. The lowest BCUT2D eigenvalue weighted by atomic mass is 10.0. The van der Waals surface area contributed by atoms with Crippen LogP contribution in [-0.4, -0.2) is 42.2 Å². The van der Waals surface area contributed by atoms with Crippen LogP contribution in [0, 0.1) is 0 Å². The van der Waals surface area contributed by atoms with E-state index in [1.807, 2.05) is 22.8 Å². The Morgan fingerprint density at radius 2 is 1.19 bits per heavy atom. The molecule has 1 aliphatic rings. The maximum absolute atomic E-state index is 13.6. The number of aryl methyl sites for hydroxylation is 1. The van der Waals surface area contributed by atoms with Crippen molar-refractivity contribution >= 4 is 38.1 Å². The SMILES string of the molecule is O=c1c2ccccc2c2ccc3ccccc3c2n1CCCCCCN1CCN(c2ccccc2)CC1. The van der Waals surface area contributed by atoms with Crippen molar-refractivity contribution in [3.8, 4) is 0 Å². The fourth-order valence-corrected chi connectivity index (χ4v) is 5.96. The van der Waals surface area contributed by atoms with Gasteiger partial charge in [-0.1, -0.05) is 85.6 Å². The number of rotatable bonds is 8. The molecule has 0 spiro atoms. The first-order valence-electron chi connectivity index (χ1n) is 13.7. The zero-order chi connectivity index (χ0) is 25.0. The first-order valence-corrected chi connectivity index (χ1v) is 13.7. The number of hydrogen-bond acceptors (Lipinski definition) is 3. The van der Waals surface area contributed by atoms with Crippen LogP contribution in [0.3, 0.4) is 0 Å². The number of unbranched alkanes of at least 4 members (excludes halogenated alkanes) is 3. The van der Waals surface area contributed by atoms with E-state index >= 15 is 0 Å². The quantitative estimate of drug-likeness (QED) is 0.180. The third-order valence-electron chi connectivity index (χ3n) is 7.96. The van der Waals surface area contributed by atoms with Gasteiger partial charge in [-0.15, -0.1) is 0 Å². The Morgan fingerprint density at radius 1 is 0.541 bits per heavy atom. The molecule has 4 heteroatoms. The van der Waals surface area contributed by atoms with Crippen LogP contribution in [-0.2, 0) is 6.54 Å². The van der Waals surface area contributed by atoms with E-state index in [1.54, 1.807) is 0 Å². The van der Waals surface area contributed by atoms with Gasteiger partial charge in [-0.05, 0) is 48.4 Å². The van der Waals surface area contributed by atoms with Gasteiger partial charge >= 0.3 is 0 Å². The third kappa shape index (κ3) is 4.86. The normalized spacial score (nSPS) is 14.6. The molecule has 0 amide bonds. The minimum atomic E-state index is 0.135. The minimum Gasteiger partial charge on any atom is -0.369 e. The summed E-state index contributed by atoms with van der Waals surface area (Å²) in [4.78, 5) is 18.7. The van der Waals surface area contributed by atoms with Gasteiger partial charge < -0.3 is 9.47 Å². The number of anilines is 1. The Balaban J connectivity index is 1.09. The molecular formula is C33H35N3O. The summed E-state index contributed by atoms with van der Waals surface area (Å²) < 4.78 is 2.04. The van der Waals surface area contributed by atoms with Gasteiger partial charge in [0.15, 0.2) is 0 Å². The molecule has 0 atom stereocenters. The average molecular weight is 490 g/mol. The number of pyridine rings is 1. The summed E-state index contributed by atoms with van der Waals surface area (Å²) >= 11 is 0. The molecule has 6 rings (SSSR count). The molecular weight excluding hydrogens is 454 g/mol. The van der Waals surface area contributed by atoms with E-state index < -0.39 is 0 Å². The first-order chi connectivity index (χ1) is 18.3. The van der Waals surface area contributed by atoms with Crippen LogP contribution < -0.4 is 10.5 Å². The highest BCUT2D eigenvalue weighted by atomic mass is 16.1. The topological polar surface area (TPSA) is 28.5 Å². The van der Waals surface area contributed by atoms with E-state index in [4.69, 9.17) is 0 Å². The molecule has 2 heterocycles. The maximum Gasteiger partial charge on any atom is 0.258 e. The number of benzene rings is 4. The van der Waals surface area contributed by atoms with Crippen molar-refractivity contribution in [3.63, 3.8) is 0 Å². The van der Waals surface area contributed by atoms with Crippen molar-refractivity contribution in [2.24, 2.45) is 0 Å². The highest BCUT2D eigenvalue weighted by Crippen LogP contribution is 2.29. The zero-order valence-corrected chi connectivity index (χ0v) is 21.5. The second-order valence-electron chi connectivity index (χ2n) is 10.3. The van der Waals surface area contributed by atoms with Gasteiger partial charge in [0.1, 0.15) is 0 Å². The van der Waals surface area contributed by atoms with Gasteiger partial charge in [0.05, 0.1) is 5.52 Å². The first kappa shape index (κ1) is 23.7. The second-order valence-corrected chi connectivity index (χ2v) is 10.3. The molecule has 4 nitrogen and oxygen atoms in total. The number of aromatic nitrogens is 1. The molecule has 0 N–H and O–H groups in total. The van der Waals surface area contributed by atoms with E-state index in [-0.39, 0.29) is 5.56 Å². The Hall–Kier alpha value is -3.63. The molecule has 4 aromatic carbocycles. The van der Waals surface area contributed by atoms with Crippen molar-refractivity contribution in [2.75, 3.05) is 37.6 Å². The smallest absolute Gasteiger partial charge is 0.258 e. The summed E-state index contributed by atoms with van der Waals surface area (Å²) in [6.07, 6.45) is 4.61. The molecule has 1 aromatic heterocycles. The Morgan fingerprint density at radius 3 is 1.97 bits per heavy atom. The lowest BCUT2D eigenvalue weighted by Crippen LogP contribution is -2.46. The monoisotopic (exact) mass is 489 g/mol. The van der Waals surface area contributed by atoms with E-state index in [1.165, 1.54) is 35.8 Å². The van der Waals surface area contributed by atoms with E-state index in [2.05, 4.69) is 82.6 Å². The molecule has 0 unspecified atom stereocenters. The fraction of sp³-hybridized carbons (Fsp3) is 0.303. The van der Waals surface area contributed by atoms with Crippen LogP contribution in [0.2, 0.25) is 0 Å². The van der Waals surface area contributed by atoms with Crippen LogP contribution in [0.25, 0.3) is 32.4 Å². The Labute approximate surface area is 218 Å². The van der Waals surface area contributed by atoms with Gasteiger partial charge in [-0.25, -0.2) is 0 Å². The predicted molar refractivity (Wildman–Crippen MR) is 157 cm³/mol. The molecule has 0 radical (unpaired) electrons. The summed E-state index contributed by atoms with van der Waals surface area (Å²) in [5.41, 5.74) is 2.56. The Kier molecular flexibility index (Phi) is 6.92. The molecule has 188 valence electrons. The molecule has 1 fully saturated rings. The van der Waals surface area contributed by atoms with Crippen molar-refractivity contribution in [1.29, 1.82) is 0 Å². The molecule has 0 saturated carbocycles. The third-order valence-corrected chi connectivity index (χ3v) is 7.96. The minimum absolute atomic E-state index is 0.135. The van der Waals surface area contributed by atoms with Gasteiger partial charge in [-0.3, -0.25) is 9.69 Å². The molecule has 0 bridgehead atoms. The highest BCUT2D eigenvalue weighted by Gasteiger charge is 2.17. The second kappa shape index (κ2) is 10.8. The van der Waals surface area contributed by atoms with Crippen LogP contribution in [0.5, 0.6) is 0 Å². The summed E-state index contributed by atoms with van der Waals surface area (Å²) in [5, 5.41) is 5.39. The van der Waals surface area contributed by atoms with Gasteiger partial charge in [0.25, 0.3) is 5.56 Å². The number of fused-ring (bicyclic) bond motifs is 5. The Bertz CT molecular complexity index is 1570. The molecule has 5 aromatic rings. The summed E-state index contributed by atoms with van der Waals surface area (Å²) in [7, 11) is 0. The van der Waals surface area contributed by atoms with Crippen molar-refractivity contribution in [2.45, 2.75) is 32.2 Å². The maximum atomic E-state index is 13.6. The predicted octanol–water partition coefficient (Wildman–Crippen LogP) is 6.69. The molecule has 1 saturated heterocycles. The van der Waals surface area contributed by atoms with Gasteiger partial charge in [0, 0.05) is 54.6 Å². The van der Waals surface area contributed by atoms with Crippen LogP contribution in [0.15, 0.2) is 95.8 Å². The van der Waals surface area contributed by atoms with E-state index in [0.29, 0.717) is 0 Å². The van der Waals surface area contributed by atoms with E-state index in [0.717, 1.165) is 67.2 Å². The van der Waals surface area contributed by atoms with Crippen LogP contribution in [0.1, 0.15) is 25.7 Å². The number of para-hydroxylation sites is 1. The zero-order valence-electron chi connectivity index (χ0n) is 21.5. The van der Waals surface area contributed by atoms with E-state index in [9.17, 15) is 4.79 Å². The van der Waals surface area contributed by atoms with Crippen LogP contribution >= 0.6 is 0 Å². The van der Waals surface area contributed by atoms with Crippen molar-refractivity contribution in [3.05, 3.63) is 101 Å². The molecule has 1 aliphatic heterocycles. The number of piperazine rings is 1. The highest BCUT2D eigenvalue weighted by molar-refractivity contribution is 6.15. The van der Waals surface area contributed by atoms with Crippen LogP contribution in [0.4, 0.5) is 5.69 Å². The molecule has 0 aliphatic carbocycles. The average Bonchev–Trinajstić information content (AvgIpc) is 2.97. The standard InChI is InChI=1S/C33H35N3O/c37-33-31-17-9-8-16-29(31)30-19-18-26-12-6-7-15-28(26)32(30)36(33)21-11-2-1-10-20-34-22-24-35(25-23-34)27-13-4-3-5-14-27/h3-9,12-19H,1-2,10-11,20-25H2. The number of nitrogens with zero attached hydrogens (tertiary/aromatic N) is 3. The lowest BCUT2D eigenvalue weighted by Gasteiger charge is -2.36. The largest absolute Gasteiger partial charge is 0.369 e. The van der Waals surface area contributed by atoms with Crippen molar-refractivity contribution < 1.29 is 0 Å². The summed E-state index contributed by atoms with van der Waals surface area (Å²) in [6.45, 7) is 6.43. The lowest BCUT2D eigenvalue weighted by molar-refractivity contribution is 0.252. The summed E-state index contributed by atoms with van der Waals surface area (Å²) in [6, 6.07) is 31.6.